The molecule has 166 valence electrons. The summed E-state index contributed by atoms with van der Waals surface area (Å²) in [5.41, 5.74) is 6.50. The fourth-order valence-corrected chi connectivity index (χ4v) is 3.82. The number of aliphatic hydroxyl groups is 1. The molecule has 1 fully saturated rings. The second-order valence-electron chi connectivity index (χ2n) is 8.05. The van der Waals surface area contributed by atoms with E-state index in [4.69, 9.17) is 5.73 Å². The van der Waals surface area contributed by atoms with E-state index in [-0.39, 0.29) is 36.2 Å². The van der Waals surface area contributed by atoms with E-state index >= 15 is 0 Å². The molecule has 0 spiro atoms. The Balaban J connectivity index is 2.07. The number of likely N-dealkylation sites (tertiary alicyclic amines) is 1. The number of nitrogens with one attached hydrogen (secondary N) is 1. The number of nitrogens with two attached hydrogens (primary N) is 1. The number of carbonyl (C=O) groups is 3. The van der Waals surface area contributed by atoms with E-state index in [2.05, 4.69) is 5.32 Å². The normalized spacial score (nSPS) is 17.1. The topological polar surface area (TPSA) is 116 Å². The minimum atomic E-state index is -0.645. The first-order chi connectivity index (χ1) is 14.4. The molecule has 0 unspecified atom stereocenters. The van der Waals surface area contributed by atoms with Crippen LogP contribution in [0.4, 0.5) is 0 Å². The SMILES string of the molecule is CC(C)[C@H](NC(=O)CN)C(=O)N1CCC[C@H]1CN(CCc1ccccc1)C(=O)CO. The lowest BCUT2D eigenvalue weighted by Gasteiger charge is -2.34. The summed E-state index contributed by atoms with van der Waals surface area (Å²) >= 11 is 0. The zero-order valence-corrected chi connectivity index (χ0v) is 17.9. The zero-order valence-electron chi connectivity index (χ0n) is 17.9. The second kappa shape index (κ2) is 11.7. The third-order valence-corrected chi connectivity index (χ3v) is 5.53. The van der Waals surface area contributed by atoms with E-state index in [1.54, 1.807) is 9.80 Å². The molecule has 1 aromatic rings. The van der Waals surface area contributed by atoms with Crippen molar-refractivity contribution in [1.82, 2.24) is 15.1 Å². The summed E-state index contributed by atoms with van der Waals surface area (Å²) in [6.07, 6.45) is 2.29. The molecule has 4 N–H and O–H groups in total. The molecule has 0 radical (unpaired) electrons. The van der Waals surface area contributed by atoms with Crippen LogP contribution in [0.15, 0.2) is 30.3 Å². The fraction of sp³-hybridized carbons (Fsp3) is 0.591. The standard InChI is InChI=1S/C22H34N4O4/c1-16(2)21(24-19(28)13-23)22(30)26-11-6-9-18(26)14-25(20(29)15-27)12-10-17-7-4-3-5-8-17/h3-5,7-8,16,18,21,27H,6,9-15,23H2,1-2H3,(H,24,28)/t18-,21-/m0/s1. The number of aliphatic hydroxyl groups excluding tert-OH is 1. The molecule has 1 saturated heterocycles. The van der Waals surface area contributed by atoms with Crippen LogP contribution in [-0.4, -0.2) is 77.5 Å². The number of rotatable bonds is 10. The molecule has 1 aliphatic heterocycles. The number of hydrogen-bond acceptors (Lipinski definition) is 5. The molecule has 30 heavy (non-hydrogen) atoms. The Morgan fingerprint density at radius 2 is 1.97 bits per heavy atom. The van der Waals surface area contributed by atoms with Gasteiger partial charge < -0.3 is 26.0 Å². The smallest absolute Gasteiger partial charge is 0.248 e. The van der Waals surface area contributed by atoms with Crippen LogP contribution in [0.2, 0.25) is 0 Å². The van der Waals surface area contributed by atoms with E-state index in [9.17, 15) is 19.5 Å². The molecule has 1 heterocycles. The molecule has 0 aromatic heterocycles. The predicted octanol–water partition coefficient (Wildman–Crippen LogP) is 0.141. The molecule has 0 saturated carbocycles. The summed E-state index contributed by atoms with van der Waals surface area (Å²) in [5, 5.41) is 12.1. The molecular formula is C22H34N4O4. The summed E-state index contributed by atoms with van der Waals surface area (Å²) in [7, 11) is 0. The molecule has 2 atom stereocenters. The monoisotopic (exact) mass is 418 g/mol. The minimum absolute atomic E-state index is 0.0810. The van der Waals surface area contributed by atoms with Crippen LogP contribution in [-0.2, 0) is 20.8 Å². The van der Waals surface area contributed by atoms with Crippen LogP contribution in [0, 0.1) is 5.92 Å². The Morgan fingerprint density at radius 1 is 1.27 bits per heavy atom. The van der Waals surface area contributed by atoms with Crippen molar-refractivity contribution in [3.63, 3.8) is 0 Å². The Morgan fingerprint density at radius 3 is 2.57 bits per heavy atom. The molecular weight excluding hydrogens is 384 g/mol. The highest BCUT2D eigenvalue weighted by molar-refractivity contribution is 5.89. The lowest BCUT2D eigenvalue weighted by molar-refractivity contribution is -0.140. The zero-order chi connectivity index (χ0) is 22.1. The first-order valence-corrected chi connectivity index (χ1v) is 10.6. The first-order valence-electron chi connectivity index (χ1n) is 10.6. The van der Waals surface area contributed by atoms with E-state index in [1.807, 2.05) is 44.2 Å². The fourth-order valence-electron chi connectivity index (χ4n) is 3.82. The molecule has 8 heteroatoms. The van der Waals surface area contributed by atoms with E-state index in [0.29, 0.717) is 26.1 Å². The van der Waals surface area contributed by atoms with Gasteiger partial charge in [-0.3, -0.25) is 14.4 Å². The minimum Gasteiger partial charge on any atom is -0.387 e. The van der Waals surface area contributed by atoms with Gasteiger partial charge in [0.15, 0.2) is 0 Å². The average molecular weight is 419 g/mol. The predicted molar refractivity (Wildman–Crippen MR) is 114 cm³/mol. The van der Waals surface area contributed by atoms with Gasteiger partial charge in [0.05, 0.1) is 6.54 Å². The Bertz CT molecular complexity index is 710. The molecule has 3 amide bonds. The maximum absolute atomic E-state index is 13.2. The van der Waals surface area contributed by atoms with Gasteiger partial charge in [-0.05, 0) is 30.7 Å². The van der Waals surface area contributed by atoms with Gasteiger partial charge in [-0.25, -0.2) is 0 Å². The van der Waals surface area contributed by atoms with Gasteiger partial charge in [-0.15, -0.1) is 0 Å². The van der Waals surface area contributed by atoms with Crippen molar-refractivity contribution in [3.05, 3.63) is 35.9 Å². The molecule has 1 aliphatic rings. The van der Waals surface area contributed by atoms with Crippen LogP contribution < -0.4 is 11.1 Å². The number of amides is 3. The van der Waals surface area contributed by atoms with E-state index < -0.39 is 12.6 Å². The van der Waals surface area contributed by atoms with Gasteiger partial charge in [-0.2, -0.15) is 0 Å². The third kappa shape index (κ3) is 6.53. The Hall–Kier alpha value is -2.45. The van der Waals surface area contributed by atoms with Crippen molar-refractivity contribution in [2.24, 2.45) is 11.7 Å². The second-order valence-corrected chi connectivity index (χ2v) is 8.05. The lowest BCUT2D eigenvalue weighted by atomic mass is 10.0. The quantitative estimate of drug-likeness (QED) is 0.500. The largest absolute Gasteiger partial charge is 0.387 e. The highest BCUT2D eigenvalue weighted by atomic mass is 16.3. The maximum Gasteiger partial charge on any atom is 0.248 e. The summed E-state index contributed by atoms with van der Waals surface area (Å²) in [6.45, 7) is 4.46. The van der Waals surface area contributed by atoms with Crippen molar-refractivity contribution in [3.8, 4) is 0 Å². The van der Waals surface area contributed by atoms with Crippen molar-refractivity contribution in [2.45, 2.75) is 45.2 Å². The molecule has 8 nitrogen and oxygen atoms in total. The average Bonchev–Trinajstić information content (AvgIpc) is 3.22. The van der Waals surface area contributed by atoms with Gasteiger partial charge >= 0.3 is 0 Å². The van der Waals surface area contributed by atoms with Crippen molar-refractivity contribution in [2.75, 3.05) is 32.8 Å². The summed E-state index contributed by atoms with van der Waals surface area (Å²) in [5.74, 6) is -0.934. The van der Waals surface area contributed by atoms with Crippen LogP contribution in [0.3, 0.4) is 0 Å². The van der Waals surface area contributed by atoms with E-state index in [1.165, 1.54) is 0 Å². The third-order valence-electron chi connectivity index (χ3n) is 5.53. The molecule has 1 aromatic carbocycles. The molecule has 0 bridgehead atoms. The number of benzene rings is 1. The van der Waals surface area contributed by atoms with Crippen LogP contribution in [0.1, 0.15) is 32.3 Å². The van der Waals surface area contributed by atoms with Crippen molar-refractivity contribution in [1.29, 1.82) is 0 Å². The molecule has 0 aliphatic carbocycles. The molecule has 2 rings (SSSR count). The van der Waals surface area contributed by atoms with Gasteiger partial charge in [0.25, 0.3) is 0 Å². The summed E-state index contributed by atoms with van der Waals surface area (Å²) < 4.78 is 0. The Labute approximate surface area is 178 Å². The first kappa shape index (κ1) is 23.8. The van der Waals surface area contributed by atoms with Gasteiger partial charge in [0.1, 0.15) is 12.6 Å². The van der Waals surface area contributed by atoms with Crippen molar-refractivity contribution < 1.29 is 19.5 Å². The van der Waals surface area contributed by atoms with Crippen LogP contribution >= 0.6 is 0 Å². The van der Waals surface area contributed by atoms with Crippen LogP contribution in [0.5, 0.6) is 0 Å². The van der Waals surface area contributed by atoms with Crippen molar-refractivity contribution >= 4 is 17.7 Å². The number of hydrogen-bond donors (Lipinski definition) is 3. The van der Waals surface area contributed by atoms with Gasteiger partial charge in [0, 0.05) is 25.7 Å². The van der Waals surface area contributed by atoms with Crippen LogP contribution in [0.25, 0.3) is 0 Å². The maximum atomic E-state index is 13.2. The number of nitrogens with zero attached hydrogens (tertiary/aromatic N) is 2. The van der Waals surface area contributed by atoms with Gasteiger partial charge in [0.2, 0.25) is 17.7 Å². The summed E-state index contributed by atoms with van der Waals surface area (Å²) in [6, 6.07) is 9.06. The summed E-state index contributed by atoms with van der Waals surface area (Å²) in [4.78, 5) is 40.7. The Kier molecular flexibility index (Phi) is 9.26. The highest BCUT2D eigenvalue weighted by Gasteiger charge is 2.36. The van der Waals surface area contributed by atoms with E-state index in [0.717, 1.165) is 18.4 Å². The highest BCUT2D eigenvalue weighted by Crippen LogP contribution is 2.21. The van der Waals surface area contributed by atoms with Gasteiger partial charge in [-0.1, -0.05) is 44.2 Å². The lowest BCUT2D eigenvalue weighted by Crippen LogP contribution is -2.55. The number of carbonyl (C=O) groups excluding carboxylic acids is 3.